The number of anilines is 1. The van der Waals surface area contributed by atoms with Gasteiger partial charge in [0.25, 0.3) is 0 Å². The Morgan fingerprint density at radius 1 is 1.38 bits per heavy atom. The molecule has 1 aliphatic rings. The molecule has 0 saturated carbocycles. The molecular weight excluding hydrogens is 268 g/mol. The van der Waals surface area contributed by atoms with Crippen LogP contribution in [0.3, 0.4) is 0 Å². The van der Waals surface area contributed by atoms with Gasteiger partial charge in [0.2, 0.25) is 0 Å². The van der Waals surface area contributed by atoms with Gasteiger partial charge in [0, 0.05) is 24.7 Å². The zero-order chi connectivity index (χ0) is 14.8. The van der Waals surface area contributed by atoms with Crippen molar-refractivity contribution >= 4 is 22.6 Å². The monoisotopic (exact) mass is 286 g/mol. The first-order valence-corrected chi connectivity index (χ1v) is 7.24. The van der Waals surface area contributed by atoms with E-state index < -0.39 is 5.97 Å². The molecule has 0 atom stereocenters. The number of nitrogens with zero attached hydrogens (tertiary/aromatic N) is 2. The summed E-state index contributed by atoms with van der Waals surface area (Å²) >= 11 is 0. The predicted octanol–water partition coefficient (Wildman–Crippen LogP) is 2.93. The summed E-state index contributed by atoms with van der Waals surface area (Å²) < 4.78 is 5.54. The number of pyridine rings is 1. The van der Waals surface area contributed by atoms with Crippen molar-refractivity contribution in [3.8, 4) is 5.75 Å². The Morgan fingerprint density at radius 2 is 2.14 bits per heavy atom. The number of carbonyl (C=O) groups is 1. The van der Waals surface area contributed by atoms with E-state index in [2.05, 4.69) is 9.88 Å². The molecule has 1 aromatic carbocycles. The molecule has 21 heavy (non-hydrogen) atoms. The highest BCUT2D eigenvalue weighted by molar-refractivity contribution is 6.05. The molecule has 1 aliphatic heterocycles. The fourth-order valence-corrected chi connectivity index (χ4v) is 2.85. The van der Waals surface area contributed by atoms with Crippen molar-refractivity contribution in [2.45, 2.75) is 19.8 Å². The largest absolute Gasteiger partial charge is 0.494 e. The van der Waals surface area contributed by atoms with Gasteiger partial charge >= 0.3 is 5.97 Å². The quantitative estimate of drug-likeness (QED) is 0.936. The van der Waals surface area contributed by atoms with E-state index in [-0.39, 0.29) is 5.56 Å². The van der Waals surface area contributed by atoms with Crippen LogP contribution in [0.1, 0.15) is 30.1 Å². The number of aromatic nitrogens is 1. The fraction of sp³-hybridized carbons (Fsp3) is 0.375. The SMILES string of the molecule is CCOc1ccc2ncc(C(=O)O)c(N3CCCC3)c2c1. The first-order chi connectivity index (χ1) is 10.2. The lowest BCUT2D eigenvalue weighted by molar-refractivity contribution is 0.0697. The molecule has 110 valence electrons. The maximum Gasteiger partial charge on any atom is 0.339 e. The molecule has 0 spiro atoms. The predicted molar refractivity (Wildman–Crippen MR) is 81.3 cm³/mol. The maximum absolute atomic E-state index is 11.5. The summed E-state index contributed by atoms with van der Waals surface area (Å²) in [6.45, 7) is 4.28. The summed E-state index contributed by atoms with van der Waals surface area (Å²) in [6, 6.07) is 5.64. The van der Waals surface area contributed by atoms with Crippen LogP contribution < -0.4 is 9.64 Å². The fourth-order valence-electron chi connectivity index (χ4n) is 2.85. The van der Waals surface area contributed by atoms with E-state index in [1.54, 1.807) is 0 Å². The summed E-state index contributed by atoms with van der Waals surface area (Å²) in [5.74, 6) is -0.192. The Kier molecular flexibility index (Phi) is 3.64. The van der Waals surface area contributed by atoms with Gasteiger partial charge in [0.1, 0.15) is 11.3 Å². The van der Waals surface area contributed by atoms with Gasteiger partial charge in [-0.15, -0.1) is 0 Å². The Bertz CT molecular complexity index is 679. The van der Waals surface area contributed by atoms with Crippen molar-refractivity contribution in [1.29, 1.82) is 0 Å². The second-order valence-electron chi connectivity index (χ2n) is 5.13. The minimum Gasteiger partial charge on any atom is -0.494 e. The average molecular weight is 286 g/mol. The van der Waals surface area contributed by atoms with Crippen molar-refractivity contribution in [2.75, 3.05) is 24.6 Å². The number of carboxylic acids is 1. The Morgan fingerprint density at radius 3 is 2.81 bits per heavy atom. The first-order valence-electron chi connectivity index (χ1n) is 7.24. The van der Waals surface area contributed by atoms with E-state index in [1.165, 1.54) is 6.20 Å². The van der Waals surface area contributed by atoms with Crippen LogP contribution in [0.4, 0.5) is 5.69 Å². The van der Waals surface area contributed by atoms with Crippen LogP contribution >= 0.6 is 0 Å². The molecule has 0 aliphatic carbocycles. The number of rotatable bonds is 4. The van der Waals surface area contributed by atoms with Crippen molar-refractivity contribution < 1.29 is 14.6 Å². The van der Waals surface area contributed by atoms with E-state index in [9.17, 15) is 9.90 Å². The van der Waals surface area contributed by atoms with Gasteiger partial charge in [0.05, 0.1) is 17.8 Å². The third-order valence-electron chi connectivity index (χ3n) is 3.77. The van der Waals surface area contributed by atoms with Crippen LogP contribution in [0.5, 0.6) is 5.75 Å². The van der Waals surface area contributed by atoms with Gasteiger partial charge in [-0.05, 0) is 38.0 Å². The number of ether oxygens (including phenoxy) is 1. The third-order valence-corrected chi connectivity index (χ3v) is 3.77. The van der Waals surface area contributed by atoms with Gasteiger partial charge in [0.15, 0.2) is 0 Å². The smallest absolute Gasteiger partial charge is 0.339 e. The second kappa shape index (κ2) is 5.60. The van der Waals surface area contributed by atoms with Gasteiger partial charge in [-0.2, -0.15) is 0 Å². The number of aromatic carboxylic acids is 1. The number of fused-ring (bicyclic) bond motifs is 1. The molecule has 2 aromatic rings. The van der Waals surface area contributed by atoms with Crippen LogP contribution in [0.25, 0.3) is 10.9 Å². The summed E-state index contributed by atoms with van der Waals surface area (Å²) in [7, 11) is 0. The zero-order valence-corrected chi connectivity index (χ0v) is 12.0. The standard InChI is InChI=1S/C16H18N2O3/c1-2-21-11-5-6-14-12(9-11)15(18-7-3-4-8-18)13(10-17-14)16(19)20/h5-6,9-10H,2-4,7-8H2,1H3,(H,19,20). The second-order valence-corrected chi connectivity index (χ2v) is 5.13. The summed E-state index contributed by atoms with van der Waals surface area (Å²) in [5.41, 5.74) is 1.83. The molecule has 0 bridgehead atoms. The Hall–Kier alpha value is -2.30. The minimum absolute atomic E-state index is 0.262. The van der Waals surface area contributed by atoms with Gasteiger partial charge in [-0.1, -0.05) is 0 Å². The molecule has 5 heteroatoms. The lowest BCUT2D eigenvalue weighted by atomic mass is 10.1. The summed E-state index contributed by atoms with van der Waals surface area (Å²) in [6.07, 6.45) is 3.64. The molecule has 3 rings (SSSR count). The van der Waals surface area contributed by atoms with Crippen LogP contribution in [0.15, 0.2) is 24.4 Å². The Labute approximate surface area is 123 Å². The molecule has 1 aromatic heterocycles. The lowest BCUT2D eigenvalue weighted by Crippen LogP contribution is -2.21. The van der Waals surface area contributed by atoms with Crippen LogP contribution in [0, 0.1) is 0 Å². The summed E-state index contributed by atoms with van der Waals surface area (Å²) in [4.78, 5) is 17.9. The molecule has 5 nitrogen and oxygen atoms in total. The van der Waals surface area contributed by atoms with Gasteiger partial charge < -0.3 is 14.7 Å². The van der Waals surface area contributed by atoms with E-state index >= 15 is 0 Å². The number of benzene rings is 1. The van der Waals surface area contributed by atoms with Crippen molar-refractivity contribution in [3.05, 3.63) is 30.0 Å². The molecule has 2 heterocycles. The molecular formula is C16H18N2O3. The molecule has 1 N–H and O–H groups in total. The molecule has 0 unspecified atom stereocenters. The molecule has 1 saturated heterocycles. The van der Waals surface area contributed by atoms with Crippen LogP contribution in [-0.2, 0) is 0 Å². The van der Waals surface area contributed by atoms with E-state index in [1.807, 2.05) is 25.1 Å². The zero-order valence-electron chi connectivity index (χ0n) is 12.0. The third kappa shape index (κ3) is 2.51. The van der Waals surface area contributed by atoms with E-state index in [0.29, 0.717) is 6.61 Å². The Balaban J connectivity index is 2.22. The topological polar surface area (TPSA) is 62.7 Å². The van der Waals surface area contributed by atoms with Gasteiger partial charge in [-0.3, -0.25) is 4.98 Å². The van der Waals surface area contributed by atoms with Gasteiger partial charge in [-0.25, -0.2) is 4.79 Å². The number of hydrogen-bond donors (Lipinski definition) is 1. The van der Waals surface area contributed by atoms with Crippen molar-refractivity contribution in [3.63, 3.8) is 0 Å². The molecule has 1 fully saturated rings. The highest BCUT2D eigenvalue weighted by Gasteiger charge is 2.22. The molecule has 0 radical (unpaired) electrons. The average Bonchev–Trinajstić information content (AvgIpc) is 3.00. The first kappa shape index (κ1) is 13.7. The molecule has 0 amide bonds. The van der Waals surface area contributed by atoms with E-state index in [4.69, 9.17) is 4.74 Å². The van der Waals surface area contributed by atoms with Crippen LogP contribution in [0.2, 0.25) is 0 Å². The highest BCUT2D eigenvalue weighted by Crippen LogP contribution is 2.34. The van der Waals surface area contributed by atoms with Crippen LogP contribution in [-0.4, -0.2) is 35.8 Å². The minimum atomic E-state index is -0.937. The summed E-state index contributed by atoms with van der Waals surface area (Å²) in [5, 5.41) is 10.3. The normalized spacial score (nSPS) is 14.6. The van der Waals surface area contributed by atoms with E-state index in [0.717, 1.165) is 48.3 Å². The van der Waals surface area contributed by atoms with Crippen molar-refractivity contribution in [2.24, 2.45) is 0 Å². The lowest BCUT2D eigenvalue weighted by Gasteiger charge is -2.22. The van der Waals surface area contributed by atoms with Crippen molar-refractivity contribution in [1.82, 2.24) is 4.98 Å². The number of carboxylic acid groups (broad SMARTS) is 1. The number of hydrogen-bond acceptors (Lipinski definition) is 4. The maximum atomic E-state index is 11.5. The highest BCUT2D eigenvalue weighted by atomic mass is 16.5.